The van der Waals surface area contributed by atoms with E-state index in [-0.39, 0.29) is 75.4 Å². The summed E-state index contributed by atoms with van der Waals surface area (Å²) in [7, 11) is 0. The molecule has 1 unspecified atom stereocenters. The van der Waals surface area contributed by atoms with Gasteiger partial charge >= 0.3 is 30.0 Å². The summed E-state index contributed by atoms with van der Waals surface area (Å²) in [4.78, 5) is 90.5. The van der Waals surface area contributed by atoms with Gasteiger partial charge in [-0.05, 0) is 70.6 Å². The molecule has 3 rings (SSSR count). The van der Waals surface area contributed by atoms with Gasteiger partial charge in [-0.15, -0.1) is 5.10 Å². The van der Waals surface area contributed by atoms with E-state index in [2.05, 4.69) is 26.3 Å². The number of hydrogen-bond donors (Lipinski definition) is 6. The van der Waals surface area contributed by atoms with E-state index in [0.29, 0.717) is 49.3 Å². The molecule has 1 saturated heterocycles. The number of piperazine rings is 1. The van der Waals surface area contributed by atoms with Gasteiger partial charge in [0.15, 0.2) is 0 Å². The lowest BCUT2D eigenvalue weighted by atomic mass is 10.1. The number of urea groups is 2. The third-order valence-corrected chi connectivity index (χ3v) is 8.74. The fourth-order valence-electron chi connectivity index (χ4n) is 5.69. The van der Waals surface area contributed by atoms with Gasteiger partial charge < -0.3 is 46.0 Å². The Morgan fingerprint density at radius 2 is 1.44 bits per heavy atom. The minimum absolute atomic E-state index is 0.0209. The van der Waals surface area contributed by atoms with Gasteiger partial charge in [0.05, 0.1) is 24.3 Å². The first kappa shape index (κ1) is 42.6. The molecule has 6 N–H and O–H groups in total. The van der Waals surface area contributed by atoms with Crippen LogP contribution in [0.25, 0.3) is 5.69 Å². The highest BCUT2D eigenvalue weighted by molar-refractivity contribution is 6.00. The Morgan fingerprint density at radius 1 is 0.833 bits per heavy atom. The average Bonchev–Trinajstić information content (AvgIpc) is 3.63. The number of carboxylic acid groups (broad SMARTS) is 3. The highest BCUT2D eigenvalue weighted by Gasteiger charge is 2.28. The summed E-state index contributed by atoms with van der Waals surface area (Å²) in [6.07, 6.45) is 2.05. The molecular weight excluding hydrogens is 713 g/mol. The number of aliphatic carboxylic acids is 3. The first-order valence-corrected chi connectivity index (χ1v) is 17.8. The molecule has 1 aromatic carbocycles. The van der Waals surface area contributed by atoms with Crippen LogP contribution < -0.4 is 16.0 Å². The maximum atomic E-state index is 13.7. The normalized spacial score (nSPS) is 13.8. The molecule has 2 aromatic rings. The van der Waals surface area contributed by atoms with Gasteiger partial charge in [-0.25, -0.2) is 23.9 Å². The molecule has 0 aliphatic carbocycles. The van der Waals surface area contributed by atoms with Gasteiger partial charge in [0.2, 0.25) is 0 Å². The Kier molecular flexibility index (Phi) is 16.6. The van der Waals surface area contributed by atoms with Crippen molar-refractivity contribution < 1.29 is 53.3 Å². The van der Waals surface area contributed by atoms with E-state index in [1.54, 1.807) is 39.1 Å². The maximum absolute atomic E-state index is 13.7. The summed E-state index contributed by atoms with van der Waals surface area (Å²) >= 11 is 0. The molecular formula is C34H48FN9O10. The first-order chi connectivity index (χ1) is 25.8. The van der Waals surface area contributed by atoms with Crippen LogP contribution >= 0.6 is 0 Å². The summed E-state index contributed by atoms with van der Waals surface area (Å²) in [6, 6.07) is 0.471. The van der Waals surface area contributed by atoms with Crippen LogP contribution in [-0.2, 0) is 20.8 Å². The number of aryl methyl sites for hydroxylation is 1. The van der Waals surface area contributed by atoms with Crippen LogP contribution in [0, 0.1) is 0 Å². The summed E-state index contributed by atoms with van der Waals surface area (Å²) in [5, 5.41) is 42.6. The molecule has 1 aliphatic heterocycles. The van der Waals surface area contributed by atoms with Crippen molar-refractivity contribution >= 4 is 41.8 Å². The number of rotatable bonds is 20. The van der Waals surface area contributed by atoms with Gasteiger partial charge in [0.25, 0.3) is 11.8 Å². The summed E-state index contributed by atoms with van der Waals surface area (Å²) in [5.41, 5.74) is 1.57. The zero-order valence-electron chi connectivity index (χ0n) is 30.3. The molecule has 0 bridgehead atoms. The van der Waals surface area contributed by atoms with E-state index < -0.39 is 49.1 Å². The molecule has 0 saturated carbocycles. The largest absolute Gasteiger partial charge is 0.481 e. The van der Waals surface area contributed by atoms with Crippen LogP contribution in [0.2, 0.25) is 0 Å². The molecule has 1 fully saturated rings. The van der Waals surface area contributed by atoms with Crippen LogP contribution in [0.15, 0.2) is 24.4 Å². The predicted molar refractivity (Wildman–Crippen MR) is 189 cm³/mol. The number of amides is 6. The highest BCUT2D eigenvalue weighted by Crippen LogP contribution is 2.19. The van der Waals surface area contributed by atoms with Crippen LogP contribution in [0.5, 0.6) is 0 Å². The molecule has 19 nitrogen and oxygen atoms in total. The fourth-order valence-corrected chi connectivity index (χ4v) is 5.69. The first-order valence-electron chi connectivity index (χ1n) is 17.8. The Hall–Kier alpha value is -5.82. The molecule has 6 amide bonds. The van der Waals surface area contributed by atoms with Crippen molar-refractivity contribution in [3.63, 3.8) is 0 Å². The molecule has 1 aromatic heterocycles. The summed E-state index contributed by atoms with van der Waals surface area (Å²) < 4.78 is 14.1. The number of carbonyl (C=O) groups excluding carboxylic acids is 4. The Labute approximate surface area is 310 Å². The summed E-state index contributed by atoms with van der Waals surface area (Å²) in [6.45, 7) is 5.25. The Morgan fingerprint density at radius 3 is 2.04 bits per heavy atom. The Bertz CT molecular complexity index is 1640. The molecule has 0 radical (unpaired) electrons. The molecule has 1 aliphatic rings. The monoisotopic (exact) mass is 761 g/mol. The third-order valence-electron chi connectivity index (χ3n) is 8.74. The van der Waals surface area contributed by atoms with Gasteiger partial charge in [-0.1, -0.05) is 5.21 Å². The van der Waals surface area contributed by atoms with Crippen LogP contribution in [0.4, 0.5) is 14.0 Å². The molecule has 2 atom stereocenters. The van der Waals surface area contributed by atoms with Crippen molar-refractivity contribution in [1.29, 1.82) is 0 Å². The number of halogens is 1. The number of carbonyl (C=O) groups is 7. The van der Waals surface area contributed by atoms with E-state index in [0.717, 1.165) is 0 Å². The SMILES string of the molecule is CCN(CC)C(=O)c1cc(C(=O)N2CCN(C(=O)NCCCCC(NC(=O)N[C@@H](CCC(=O)O)C(=O)O)C(=O)O)CC2)cc(-n2cc(CCCF)nn2)c1. The van der Waals surface area contributed by atoms with E-state index in [4.69, 9.17) is 5.11 Å². The van der Waals surface area contributed by atoms with Crippen LogP contribution in [0.3, 0.4) is 0 Å². The van der Waals surface area contributed by atoms with E-state index in [1.165, 1.54) is 4.68 Å². The second-order valence-corrected chi connectivity index (χ2v) is 12.5. The summed E-state index contributed by atoms with van der Waals surface area (Å²) in [5.74, 6) is -4.65. The number of benzene rings is 1. The van der Waals surface area contributed by atoms with Crippen molar-refractivity contribution in [2.24, 2.45) is 0 Å². The molecule has 0 spiro atoms. The van der Waals surface area contributed by atoms with Crippen LogP contribution in [0.1, 0.15) is 78.8 Å². The number of nitrogens with zero attached hydrogens (tertiary/aromatic N) is 6. The fraction of sp³-hybridized carbons (Fsp3) is 0.559. The van der Waals surface area contributed by atoms with Gasteiger partial charge in [-0.2, -0.15) is 0 Å². The van der Waals surface area contributed by atoms with E-state index in [1.807, 2.05) is 13.8 Å². The smallest absolute Gasteiger partial charge is 0.326 e. The van der Waals surface area contributed by atoms with Crippen molar-refractivity contribution in [3.8, 4) is 5.69 Å². The number of carboxylic acids is 3. The van der Waals surface area contributed by atoms with Crippen molar-refractivity contribution in [3.05, 3.63) is 41.2 Å². The van der Waals surface area contributed by atoms with Crippen LogP contribution in [-0.4, -0.2) is 151 Å². The van der Waals surface area contributed by atoms with Gasteiger partial charge in [0, 0.05) is 63.4 Å². The minimum atomic E-state index is -1.52. The minimum Gasteiger partial charge on any atom is -0.481 e. The van der Waals surface area contributed by atoms with Gasteiger partial charge in [0.1, 0.15) is 12.1 Å². The number of alkyl halides is 1. The quantitative estimate of drug-likeness (QED) is 0.105. The Balaban J connectivity index is 1.53. The lowest BCUT2D eigenvalue weighted by molar-refractivity contribution is -0.140. The third kappa shape index (κ3) is 12.7. The second-order valence-electron chi connectivity index (χ2n) is 12.5. The zero-order valence-corrected chi connectivity index (χ0v) is 30.3. The van der Waals surface area contributed by atoms with Gasteiger partial charge in [-0.3, -0.25) is 18.8 Å². The topological polar surface area (TPSA) is 257 Å². The van der Waals surface area contributed by atoms with E-state index >= 15 is 0 Å². The number of hydrogen-bond acceptors (Lipinski definition) is 9. The maximum Gasteiger partial charge on any atom is 0.326 e. The lowest BCUT2D eigenvalue weighted by Gasteiger charge is -2.35. The molecule has 54 heavy (non-hydrogen) atoms. The standard InChI is InChI=1S/C34H48FN9O10/c1-3-41(4-2)29(47)22-18-23(20-25(19-22)44-21-24(39-40-44)8-7-12-35)30(48)42-14-16-43(17-15-42)34(54)36-13-6-5-9-26(31(49)50)37-33(53)38-27(32(51)52)10-11-28(45)46/h18-21,26-27H,3-17H2,1-2H3,(H,36,54)(H,45,46)(H,49,50)(H,51,52)(H2,37,38,53)/t26?,27-/m0/s1. The molecule has 2 heterocycles. The average molecular weight is 762 g/mol. The second kappa shape index (κ2) is 21.0. The number of unbranched alkanes of at least 4 members (excludes halogenated alkanes) is 1. The predicted octanol–water partition coefficient (Wildman–Crippen LogP) is 1.36. The number of aromatic nitrogens is 3. The van der Waals surface area contributed by atoms with Crippen molar-refractivity contribution in [2.75, 3.05) is 52.5 Å². The van der Waals surface area contributed by atoms with Crippen molar-refractivity contribution in [2.45, 2.75) is 70.9 Å². The van der Waals surface area contributed by atoms with Crippen molar-refractivity contribution in [1.82, 2.24) is 45.6 Å². The molecule has 296 valence electrons. The molecule has 20 heteroatoms. The highest BCUT2D eigenvalue weighted by atomic mass is 19.1. The lowest BCUT2D eigenvalue weighted by Crippen LogP contribution is -2.53. The number of nitrogens with one attached hydrogen (secondary N) is 3. The zero-order chi connectivity index (χ0) is 39.8. The van der Waals surface area contributed by atoms with E-state index in [9.17, 15) is 48.2 Å².